The Morgan fingerprint density at radius 3 is 2.71 bits per heavy atom. The highest BCUT2D eigenvalue weighted by atomic mass is 32.2. The molecule has 94 valence electrons. The van der Waals surface area contributed by atoms with E-state index < -0.39 is 0 Å². The van der Waals surface area contributed by atoms with Crippen LogP contribution >= 0.6 is 11.8 Å². The van der Waals surface area contributed by atoms with Gasteiger partial charge < -0.3 is 10.3 Å². The predicted molar refractivity (Wildman–Crippen MR) is 71.5 cm³/mol. The molecule has 4 nitrogen and oxygen atoms in total. The molecule has 1 rings (SSSR count). The van der Waals surface area contributed by atoms with Gasteiger partial charge in [0, 0.05) is 13.0 Å². The van der Waals surface area contributed by atoms with Gasteiger partial charge in [-0.25, -0.2) is 0 Å². The highest BCUT2D eigenvalue weighted by Gasteiger charge is 2.11. The summed E-state index contributed by atoms with van der Waals surface area (Å²) in [5.74, 6) is 8.30. The van der Waals surface area contributed by atoms with Gasteiger partial charge in [-0.3, -0.25) is 0 Å². The fourth-order valence-corrected chi connectivity index (χ4v) is 2.14. The fraction of sp³-hybridized carbons (Fsp3) is 0.667. The number of hydrogen-bond acceptors (Lipinski definition) is 4. The molecule has 0 aliphatic heterocycles. The van der Waals surface area contributed by atoms with Crippen molar-refractivity contribution in [2.45, 2.75) is 45.4 Å². The van der Waals surface area contributed by atoms with Crippen molar-refractivity contribution in [1.82, 2.24) is 14.8 Å². The molecular formula is C12H20N4S. The first-order chi connectivity index (χ1) is 8.19. The lowest BCUT2D eigenvalue weighted by atomic mass is 10.2. The molecule has 2 N–H and O–H groups in total. The third-order valence-corrected chi connectivity index (χ3v) is 2.95. The van der Waals surface area contributed by atoms with Crippen LogP contribution in [0.2, 0.25) is 0 Å². The summed E-state index contributed by atoms with van der Waals surface area (Å²) in [7, 11) is 0. The zero-order chi connectivity index (χ0) is 12.7. The SMILES string of the molecule is CCC#CCSc1nnc(CN)n1CC(C)C. The summed E-state index contributed by atoms with van der Waals surface area (Å²) in [5.41, 5.74) is 5.66. The second kappa shape index (κ2) is 7.36. The van der Waals surface area contributed by atoms with Crippen molar-refractivity contribution < 1.29 is 0 Å². The summed E-state index contributed by atoms with van der Waals surface area (Å²) in [6.45, 7) is 7.73. The summed E-state index contributed by atoms with van der Waals surface area (Å²) >= 11 is 1.63. The zero-order valence-electron chi connectivity index (χ0n) is 10.7. The summed E-state index contributed by atoms with van der Waals surface area (Å²) in [6.07, 6.45) is 0.896. The average Bonchev–Trinajstić information content (AvgIpc) is 2.66. The highest BCUT2D eigenvalue weighted by molar-refractivity contribution is 7.99. The smallest absolute Gasteiger partial charge is 0.192 e. The first-order valence-electron chi connectivity index (χ1n) is 5.89. The first kappa shape index (κ1) is 14.1. The van der Waals surface area contributed by atoms with Crippen LogP contribution in [0.3, 0.4) is 0 Å². The van der Waals surface area contributed by atoms with Crippen molar-refractivity contribution in [3.8, 4) is 11.8 Å². The molecular weight excluding hydrogens is 232 g/mol. The largest absolute Gasteiger partial charge is 0.324 e. The average molecular weight is 252 g/mol. The molecule has 0 fully saturated rings. The van der Waals surface area contributed by atoms with Crippen molar-refractivity contribution in [2.75, 3.05) is 5.75 Å². The Labute approximate surface area is 107 Å². The maximum Gasteiger partial charge on any atom is 0.192 e. The maximum absolute atomic E-state index is 5.66. The Bertz CT molecular complexity index is 400. The molecule has 0 aliphatic carbocycles. The van der Waals surface area contributed by atoms with Gasteiger partial charge in [0.15, 0.2) is 5.16 Å². The lowest BCUT2D eigenvalue weighted by Gasteiger charge is -2.10. The van der Waals surface area contributed by atoms with Crippen LogP contribution in [0.4, 0.5) is 0 Å². The van der Waals surface area contributed by atoms with Gasteiger partial charge in [0.25, 0.3) is 0 Å². The van der Waals surface area contributed by atoms with E-state index >= 15 is 0 Å². The van der Waals surface area contributed by atoms with E-state index in [1.807, 2.05) is 6.92 Å². The molecule has 0 amide bonds. The molecule has 1 heterocycles. The van der Waals surface area contributed by atoms with E-state index in [-0.39, 0.29) is 0 Å². The zero-order valence-corrected chi connectivity index (χ0v) is 11.5. The molecule has 5 heteroatoms. The van der Waals surface area contributed by atoms with Crippen molar-refractivity contribution in [3.63, 3.8) is 0 Å². The minimum absolute atomic E-state index is 0.431. The maximum atomic E-state index is 5.66. The van der Waals surface area contributed by atoms with E-state index in [1.54, 1.807) is 11.8 Å². The molecule has 0 saturated carbocycles. The second-order valence-electron chi connectivity index (χ2n) is 4.10. The Morgan fingerprint density at radius 2 is 2.12 bits per heavy atom. The quantitative estimate of drug-likeness (QED) is 0.642. The standard InChI is InChI=1S/C12H20N4S/c1-4-5-6-7-17-12-15-14-11(8-13)16(12)9-10(2)3/h10H,4,7-9,13H2,1-3H3. The van der Waals surface area contributed by atoms with Crippen LogP contribution in [0.15, 0.2) is 5.16 Å². The number of rotatable bonds is 5. The predicted octanol–water partition coefficient (Wildman–Crippen LogP) is 1.90. The van der Waals surface area contributed by atoms with Crippen LogP contribution in [0, 0.1) is 17.8 Å². The number of aromatic nitrogens is 3. The lowest BCUT2D eigenvalue weighted by molar-refractivity contribution is 0.480. The van der Waals surface area contributed by atoms with Gasteiger partial charge in [-0.2, -0.15) is 0 Å². The molecule has 0 spiro atoms. The summed E-state index contributed by atoms with van der Waals surface area (Å²) < 4.78 is 2.10. The van der Waals surface area contributed by atoms with E-state index in [4.69, 9.17) is 5.73 Å². The van der Waals surface area contributed by atoms with Crippen LogP contribution in [0.5, 0.6) is 0 Å². The Hall–Kier alpha value is -0.990. The van der Waals surface area contributed by atoms with Crippen LogP contribution in [-0.2, 0) is 13.1 Å². The Morgan fingerprint density at radius 1 is 1.35 bits per heavy atom. The Balaban J connectivity index is 2.73. The van der Waals surface area contributed by atoms with Crippen molar-refractivity contribution in [3.05, 3.63) is 5.82 Å². The van der Waals surface area contributed by atoms with Gasteiger partial charge in [-0.05, 0) is 5.92 Å². The number of nitrogens with zero attached hydrogens (tertiary/aromatic N) is 3. The lowest BCUT2D eigenvalue weighted by Crippen LogP contribution is -2.12. The van der Waals surface area contributed by atoms with Crippen molar-refractivity contribution >= 4 is 11.8 Å². The third-order valence-electron chi connectivity index (χ3n) is 2.10. The number of nitrogens with two attached hydrogens (primary N) is 1. The molecule has 0 saturated heterocycles. The third kappa shape index (κ3) is 4.41. The van der Waals surface area contributed by atoms with Gasteiger partial charge in [0.1, 0.15) is 5.82 Å². The molecule has 1 aromatic rings. The van der Waals surface area contributed by atoms with Crippen molar-refractivity contribution in [1.29, 1.82) is 0 Å². The minimum Gasteiger partial charge on any atom is -0.324 e. The molecule has 0 aliphatic rings. The first-order valence-corrected chi connectivity index (χ1v) is 6.88. The molecule has 0 radical (unpaired) electrons. The van der Waals surface area contributed by atoms with E-state index in [9.17, 15) is 0 Å². The van der Waals surface area contributed by atoms with Gasteiger partial charge >= 0.3 is 0 Å². The van der Waals surface area contributed by atoms with Gasteiger partial charge in [0.2, 0.25) is 0 Å². The van der Waals surface area contributed by atoms with Crippen LogP contribution < -0.4 is 5.73 Å². The van der Waals surface area contributed by atoms with Gasteiger partial charge in [-0.1, -0.05) is 38.5 Å². The van der Waals surface area contributed by atoms with E-state index in [0.29, 0.717) is 12.5 Å². The van der Waals surface area contributed by atoms with E-state index in [2.05, 4.69) is 40.5 Å². The highest BCUT2D eigenvalue weighted by Crippen LogP contribution is 2.17. The van der Waals surface area contributed by atoms with Crippen LogP contribution in [-0.4, -0.2) is 20.5 Å². The monoisotopic (exact) mass is 252 g/mol. The van der Waals surface area contributed by atoms with Gasteiger partial charge in [-0.15, -0.1) is 16.1 Å². The summed E-state index contributed by atoms with van der Waals surface area (Å²) in [4.78, 5) is 0. The molecule has 0 aromatic carbocycles. The van der Waals surface area contributed by atoms with E-state index in [0.717, 1.165) is 29.7 Å². The topological polar surface area (TPSA) is 56.7 Å². The number of thioether (sulfide) groups is 1. The number of hydrogen-bond donors (Lipinski definition) is 1. The molecule has 1 aromatic heterocycles. The summed E-state index contributed by atoms with van der Waals surface area (Å²) in [6, 6.07) is 0. The minimum atomic E-state index is 0.431. The fourth-order valence-electron chi connectivity index (χ4n) is 1.40. The normalized spacial score (nSPS) is 10.4. The van der Waals surface area contributed by atoms with Gasteiger partial charge in [0.05, 0.1) is 12.3 Å². The summed E-state index contributed by atoms with van der Waals surface area (Å²) in [5, 5.41) is 9.19. The molecule has 17 heavy (non-hydrogen) atoms. The molecule has 0 unspecified atom stereocenters. The van der Waals surface area contributed by atoms with Crippen molar-refractivity contribution in [2.24, 2.45) is 11.7 Å². The van der Waals surface area contributed by atoms with E-state index in [1.165, 1.54) is 0 Å². The molecule has 0 bridgehead atoms. The molecule has 0 atom stereocenters. The van der Waals surface area contributed by atoms with Crippen LogP contribution in [0.25, 0.3) is 0 Å². The Kier molecular flexibility index (Phi) is 6.09. The van der Waals surface area contributed by atoms with Crippen LogP contribution in [0.1, 0.15) is 33.0 Å². The second-order valence-corrected chi connectivity index (χ2v) is 5.05.